The molecular formula is C22H22BrCl3N4O. The minimum Gasteiger partial charge on any atom is -1.00 e. The van der Waals surface area contributed by atoms with Crippen LogP contribution in [0.15, 0.2) is 42.5 Å². The lowest BCUT2D eigenvalue weighted by Crippen LogP contribution is -3.00. The van der Waals surface area contributed by atoms with Gasteiger partial charge < -0.3 is 22.3 Å². The van der Waals surface area contributed by atoms with Crippen LogP contribution in [-0.4, -0.2) is 15.6 Å². The third-order valence-electron chi connectivity index (χ3n) is 5.27. The summed E-state index contributed by atoms with van der Waals surface area (Å²) in [4.78, 5) is 12.8. The van der Waals surface area contributed by atoms with E-state index in [1.165, 1.54) is 6.42 Å². The number of halogens is 4. The van der Waals surface area contributed by atoms with E-state index >= 15 is 0 Å². The first-order valence-corrected chi connectivity index (χ1v) is 11.1. The fraction of sp³-hybridized carbons (Fsp3) is 0.318. The van der Waals surface area contributed by atoms with Gasteiger partial charge in [0.05, 0.1) is 16.6 Å². The summed E-state index contributed by atoms with van der Waals surface area (Å²) in [5, 5.41) is 9.79. The average molecular weight is 545 g/mol. The number of anilines is 1. The quantitative estimate of drug-likeness (QED) is 0.383. The van der Waals surface area contributed by atoms with Crippen molar-refractivity contribution in [3.05, 3.63) is 74.7 Å². The van der Waals surface area contributed by atoms with Gasteiger partial charge in [0, 0.05) is 27.8 Å². The van der Waals surface area contributed by atoms with Crippen LogP contribution in [-0.2, 0) is 26.1 Å². The molecule has 0 unspecified atom stereocenters. The molecule has 1 aliphatic rings. The number of carbonyl (C=O) groups is 1. The van der Waals surface area contributed by atoms with Crippen molar-refractivity contribution in [2.75, 3.05) is 5.32 Å². The van der Waals surface area contributed by atoms with E-state index in [0.717, 1.165) is 43.1 Å². The van der Waals surface area contributed by atoms with Crippen molar-refractivity contribution in [2.45, 2.75) is 45.3 Å². The Morgan fingerprint density at radius 2 is 1.81 bits per heavy atom. The maximum atomic E-state index is 12.8. The van der Waals surface area contributed by atoms with Crippen molar-refractivity contribution in [3.8, 4) is 0 Å². The van der Waals surface area contributed by atoms with E-state index in [1.807, 2.05) is 10.7 Å². The number of rotatable bonds is 6. The first-order chi connectivity index (χ1) is 14.5. The van der Waals surface area contributed by atoms with E-state index in [9.17, 15) is 4.79 Å². The second-order valence-corrected chi connectivity index (χ2v) is 8.62. The second kappa shape index (κ2) is 10.8. The van der Waals surface area contributed by atoms with Gasteiger partial charge in [-0.05, 0) is 61.7 Å². The second-order valence-electron chi connectivity index (χ2n) is 7.36. The van der Waals surface area contributed by atoms with Crippen molar-refractivity contribution in [1.82, 2.24) is 9.78 Å². The number of hydrogen-bond donors (Lipinski definition) is 1. The number of aromatic nitrogens is 3. The van der Waals surface area contributed by atoms with Gasteiger partial charge in [-0.1, -0.05) is 34.8 Å². The number of carbonyl (C=O) groups excluding carboxylic acids is 1. The van der Waals surface area contributed by atoms with Crippen LogP contribution in [0.25, 0.3) is 0 Å². The molecule has 0 radical (unpaired) electrons. The maximum Gasteiger partial charge on any atom is 0.296 e. The highest BCUT2D eigenvalue weighted by Gasteiger charge is 2.28. The number of nitrogens with zero attached hydrogens (tertiary/aromatic N) is 3. The molecular weight excluding hydrogens is 523 g/mol. The molecule has 5 nitrogen and oxygen atoms in total. The molecule has 0 aliphatic carbocycles. The first kappa shape index (κ1) is 24.1. The van der Waals surface area contributed by atoms with Gasteiger partial charge in [-0.25, -0.2) is 4.57 Å². The molecule has 0 saturated heterocycles. The predicted octanol–water partition coefficient (Wildman–Crippen LogP) is 2.36. The van der Waals surface area contributed by atoms with Crippen molar-refractivity contribution < 1.29 is 26.3 Å². The lowest BCUT2D eigenvalue weighted by Gasteiger charge is -2.05. The van der Waals surface area contributed by atoms with Crippen LogP contribution in [0.1, 0.15) is 41.3 Å². The molecule has 0 bridgehead atoms. The van der Waals surface area contributed by atoms with E-state index in [1.54, 1.807) is 36.4 Å². The Morgan fingerprint density at radius 3 is 2.55 bits per heavy atom. The number of ketones is 1. The minimum atomic E-state index is 0. The Labute approximate surface area is 207 Å². The average Bonchev–Trinajstić information content (AvgIpc) is 2.90. The molecule has 1 N–H and O–H groups in total. The van der Waals surface area contributed by atoms with Crippen LogP contribution >= 0.6 is 34.8 Å². The van der Waals surface area contributed by atoms with Gasteiger partial charge in [-0.3, -0.25) is 4.79 Å². The highest BCUT2D eigenvalue weighted by atomic mass is 79.9. The molecule has 31 heavy (non-hydrogen) atoms. The maximum absolute atomic E-state index is 12.8. The van der Waals surface area contributed by atoms with E-state index in [-0.39, 0.29) is 29.3 Å². The summed E-state index contributed by atoms with van der Waals surface area (Å²) in [5.41, 5.74) is 1.51. The monoisotopic (exact) mass is 542 g/mol. The fourth-order valence-electron chi connectivity index (χ4n) is 3.70. The molecule has 2 aromatic carbocycles. The largest absolute Gasteiger partial charge is 1.00 e. The van der Waals surface area contributed by atoms with Crippen LogP contribution in [0.4, 0.5) is 5.69 Å². The summed E-state index contributed by atoms with van der Waals surface area (Å²) in [6, 6.07) is 12.4. The van der Waals surface area contributed by atoms with E-state index < -0.39 is 0 Å². The summed E-state index contributed by atoms with van der Waals surface area (Å²) in [6.07, 6.45) is 4.29. The molecule has 4 rings (SSSR count). The highest BCUT2D eigenvalue weighted by Crippen LogP contribution is 2.25. The molecule has 3 aromatic rings. The highest BCUT2D eigenvalue weighted by molar-refractivity contribution is 6.42. The van der Waals surface area contributed by atoms with Gasteiger partial charge in [0.1, 0.15) is 6.54 Å². The van der Waals surface area contributed by atoms with Gasteiger partial charge in [-0.2, -0.15) is 0 Å². The standard InChI is InChI=1S/C22H22Cl3N4O.BrH/c23-16-7-5-15(6-8-16)20(30)14-29-22-4-2-1-3-11-28(22)21(27-29)13-26-17-9-10-18(24)19(25)12-17;/h5-10,12,26H,1-4,11,13-14H2;1H/q+1;/p-1. The summed E-state index contributed by atoms with van der Waals surface area (Å²) in [5.74, 6) is 2.02. The van der Waals surface area contributed by atoms with Crippen molar-refractivity contribution in [2.24, 2.45) is 0 Å². The van der Waals surface area contributed by atoms with Gasteiger partial charge in [0.25, 0.3) is 5.82 Å². The zero-order valence-electron chi connectivity index (χ0n) is 16.8. The molecule has 1 aliphatic heterocycles. The molecule has 1 aromatic heterocycles. The van der Waals surface area contributed by atoms with Gasteiger partial charge in [0.15, 0.2) is 12.3 Å². The first-order valence-electron chi connectivity index (χ1n) is 9.97. The van der Waals surface area contributed by atoms with Crippen LogP contribution in [0.3, 0.4) is 0 Å². The minimum absolute atomic E-state index is 0. The Hall–Kier alpha value is -1.60. The number of benzene rings is 2. The zero-order valence-corrected chi connectivity index (χ0v) is 20.6. The Balaban J connectivity index is 0.00000272. The molecule has 2 heterocycles. The Morgan fingerprint density at radius 1 is 1.03 bits per heavy atom. The third kappa shape index (κ3) is 5.80. The van der Waals surface area contributed by atoms with Crippen molar-refractivity contribution >= 4 is 46.3 Å². The topological polar surface area (TPSA) is 50.8 Å². The van der Waals surface area contributed by atoms with Gasteiger partial charge in [0.2, 0.25) is 5.82 Å². The number of nitrogens with one attached hydrogen (secondary N) is 1. The Bertz CT molecular complexity index is 1070. The molecule has 0 saturated carbocycles. The summed E-state index contributed by atoms with van der Waals surface area (Å²) < 4.78 is 4.10. The molecule has 0 fully saturated rings. The van der Waals surface area contributed by atoms with Crippen molar-refractivity contribution in [3.63, 3.8) is 0 Å². The normalized spacial score (nSPS) is 13.1. The molecule has 164 valence electrons. The predicted molar refractivity (Wildman–Crippen MR) is 120 cm³/mol. The molecule has 9 heteroatoms. The van der Waals surface area contributed by atoms with Crippen LogP contribution < -0.4 is 26.9 Å². The SMILES string of the molecule is O=C(Cn1nc(CNc2ccc(Cl)c(Cl)c2)[n+]2c1CCCCC2)c1ccc(Cl)cc1.[Br-]. The van der Waals surface area contributed by atoms with E-state index in [4.69, 9.17) is 39.9 Å². The lowest BCUT2D eigenvalue weighted by atomic mass is 10.1. The van der Waals surface area contributed by atoms with Gasteiger partial charge >= 0.3 is 0 Å². The number of Topliss-reactive ketones (excluding diaryl/α,β-unsaturated/α-hetero) is 1. The number of hydrogen-bond acceptors (Lipinski definition) is 3. The molecule has 0 atom stereocenters. The Kier molecular flexibility index (Phi) is 8.39. The lowest BCUT2D eigenvalue weighted by molar-refractivity contribution is -0.710. The van der Waals surface area contributed by atoms with Crippen molar-refractivity contribution in [1.29, 1.82) is 0 Å². The third-order valence-corrected chi connectivity index (χ3v) is 6.26. The van der Waals surface area contributed by atoms with Gasteiger partial charge in [-0.15, -0.1) is 4.68 Å². The van der Waals surface area contributed by atoms with Crippen LogP contribution in [0.2, 0.25) is 15.1 Å². The smallest absolute Gasteiger partial charge is 0.296 e. The number of fused-ring (bicyclic) bond motifs is 1. The zero-order chi connectivity index (χ0) is 21.1. The molecule has 0 spiro atoms. The fourth-order valence-corrected chi connectivity index (χ4v) is 4.12. The van der Waals surface area contributed by atoms with Crippen LogP contribution in [0, 0.1) is 0 Å². The van der Waals surface area contributed by atoms with E-state index in [0.29, 0.717) is 27.2 Å². The van der Waals surface area contributed by atoms with Crippen LogP contribution in [0.5, 0.6) is 0 Å². The summed E-state index contributed by atoms with van der Waals surface area (Å²) in [7, 11) is 0. The summed E-state index contributed by atoms with van der Waals surface area (Å²) in [6.45, 7) is 1.65. The van der Waals surface area contributed by atoms with E-state index in [2.05, 4.69) is 9.88 Å². The summed E-state index contributed by atoms with van der Waals surface area (Å²) >= 11 is 18.1. The molecule has 0 amide bonds.